The van der Waals surface area contributed by atoms with Crippen LogP contribution in [0.15, 0.2) is 30.3 Å². The van der Waals surface area contributed by atoms with Crippen LogP contribution in [-0.4, -0.2) is 29.5 Å². The predicted molar refractivity (Wildman–Crippen MR) is 117 cm³/mol. The third-order valence-electron chi connectivity index (χ3n) is 5.74. The number of rotatable bonds is 5. The van der Waals surface area contributed by atoms with Gasteiger partial charge in [0.15, 0.2) is 5.06 Å². The molecule has 30 heavy (non-hydrogen) atoms. The van der Waals surface area contributed by atoms with Gasteiger partial charge in [-0.25, -0.2) is 4.79 Å². The Balaban J connectivity index is 1.58. The summed E-state index contributed by atoms with van der Waals surface area (Å²) in [6, 6.07) is 8.85. The van der Waals surface area contributed by atoms with Gasteiger partial charge in [0.05, 0.1) is 0 Å². The molecule has 7 heteroatoms. The summed E-state index contributed by atoms with van der Waals surface area (Å²) in [6.45, 7) is 2.70. The van der Waals surface area contributed by atoms with E-state index in [0.29, 0.717) is 23.2 Å². The quantitative estimate of drug-likeness (QED) is 0.582. The number of esters is 2. The summed E-state index contributed by atoms with van der Waals surface area (Å²) in [7, 11) is 0. The van der Waals surface area contributed by atoms with Crippen LogP contribution in [0.4, 0.5) is 0 Å². The van der Waals surface area contributed by atoms with Gasteiger partial charge in [0.1, 0.15) is 12.1 Å². The lowest BCUT2D eigenvalue weighted by Crippen LogP contribution is -2.40. The Labute approximate surface area is 185 Å². The van der Waals surface area contributed by atoms with E-state index in [2.05, 4.69) is 4.90 Å². The van der Waals surface area contributed by atoms with E-state index in [4.69, 9.17) is 21.1 Å². The second-order valence-electron chi connectivity index (χ2n) is 7.95. The van der Waals surface area contributed by atoms with Gasteiger partial charge >= 0.3 is 11.9 Å². The number of benzene rings is 1. The molecule has 0 amide bonds. The van der Waals surface area contributed by atoms with Gasteiger partial charge in [-0.3, -0.25) is 9.69 Å². The van der Waals surface area contributed by atoms with Gasteiger partial charge in [-0.2, -0.15) is 0 Å². The molecule has 5 nitrogen and oxygen atoms in total. The normalized spacial score (nSPS) is 18.5. The first kappa shape index (κ1) is 21.3. The number of halogens is 1. The third kappa shape index (κ3) is 4.88. The Morgan fingerprint density at radius 1 is 1.20 bits per heavy atom. The van der Waals surface area contributed by atoms with E-state index in [1.165, 1.54) is 29.6 Å². The molecule has 1 aliphatic heterocycles. The van der Waals surface area contributed by atoms with Crippen molar-refractivity contribution in [2.45, 2.75) is 64.1 Å². The molecule has 4 rings (SSSR count). The van der Waals surface area contributed by atoms with E-state index in [0.717, 1.165) is 43.2 Å². The maximum absolute atomic E-state index is 13.3. The monoisotopic (exact) mass is 447 g/mol. The maximum Gasteiger partial charge on any atom is 0.328 e. The maximum atomic E-state index is 13.3. The Hall–Kier alpha value is -1.89. The van der Waals surface area contributed by atoms with Crippen molar-refractivity contribution >= 4 is 34.9 Å². The predicted octanol–water partition coefficient (Wildman–Crippen LogP) is 5.30. The number of nitrogens with zero attached hydrogens (tertiary/aromatic N) is 1. The number of carbonyl (C=O) groups excluding carboxylic acids is 2. The topological polar surface area (TPSA) is 55.8 Å². The van der Waals surface area contributed by atoms with Gasteiger partial charge in [-0.15, -0.1) is 11.3 Å². The molecule has 0 N–H and O–H groups in total. The average molecular weight is 448 g/mol. The van der Waals surface area contributed by atoms with Crippen LogP contribution in [0.1, 0.15) is 61.1 Å². The summed E-state index contributed by atoms with van der Waals surface area (Å²) < 4.78 is 11.2. The molecule has 1 aromatic heterocycles. The Morgan fingerprint density at radius 2 is 1.97 bits per heavy atom. The van der Waals surface area contributed by atoms with Crippen LogP contribution in [0.5, 0.6) is 5.06 Å². The van der Waals surface area contributed by atoms with Crippen molar-refractivity contribution in [2.24, 2.45) is 0 Å². The second kappa shape index (κ2) is 9.50. The van der Waals surface area contributed by atoms with Crippen molar-refractivity contribution in [3.05, 3.63) is 51.4 Å². The van der Waals surface area contributed by atoms with Crippen LogP contribution in [-0.2, 0) is 27.3 Å². The van der Waals surface area contributed by atoms with Gasteiger partial charge in [0.25, 0.3) is 0 Å². The first-order chi connectivity index (χ1) is 14.5. The molecule has 0 spiro atoms. The molecule has 1 aliphatic carbocycles. The minimum absolute atomic E-state index is 0.00620. The average Bonchev–Trinajstić information content (AvgIpc) is 3.11. The van der Waals surface area contributed by atoms with Crippen LogP contribution >= 0.6 is 22.9 Å². The van der Waals surface area contributed by atoms with Crippen molar-refractivity contribution in [1.82, 2.24) is 4.90 Å². The number of ether oxygens (including phenoxy) is 2. The van der Waals surface area contributed by atoms with Gasteiger partial charge < -0.3 is 9.47 Å². The van der Waals surface area contributed by atoms with Crippen molar-refractivity contribution in [3.8, 4) is 5.06 Å². The zero-order valence-corrected chi connectivity index (χ0v) is 18.6. The Kier molecular flexibility index (Phi) is 6.76. The zero-order valence-electron chi connectivity index (χ0n) is 17.1. The van der Waals surface area contributed by atoms with Crippen LogP contribution in [0, 0.1) is 0 Å². The summed E-state index contributed by atoms with van der Waals surface area (Å²) in [5, 5.41) is 1.17. The number of hydrogen-bond acceptors (Lipinski definition) is 6. The van der Waals surface area contributed by atoms with E-state index in [1.54, 1.807) is 0 Å². The van der Waals surface area contributed by atoms with Crippen molar-refractivity contribution in [1.29, 1.82) is 0 Å². The first-order valence-corrected chi connectivity index (χ1v) is 11.7. The summed E-state index contributed by atoms with van der Waals surface area (Å²) >= 11 is 8.00. The molecule has 2 heterocycles. The molecule has 1 unspecified atom stereocenters. The standard InChI is InChI=1S/C23H26ClNO4S/c1-15(26)28-21-13-16-14-25(12-11-20(16)30-21)22(18-9-5-6-10-19(18)24)23(27)29-17-7-3-2-4-8-17/h5-6,9-10,13,17,22H,2-4,7-8,11-12,14H2,1H3. The van der Waals surface area contributed by atoms with E-state index < -0.39 is 6.04 Å². The second-order valence-corrected chi connectivity index (χ2v) is 9.46. The van der Waals surface area contributed by atoms with Crippen LogP contribution in [0.25, 0.3) is 0 Å². The van der Waals surface area contributed by atoms with Crippen molar-refractivity contribution in [3.63, 3.8) is 0 Å². The highest BCUT2D eigenvalue weighted by Gasteiger charge is 2.35. The van der Waals surface area contributed by atoms with Crippen molar-refractivity contribution < 1.29 is 19.1 Å². The number of carbonyl (C=O) groups is 2. The molecule has 1 aromatic carbocycles. The summed E-state index contributed by atoms with van der Waals surface area (Å²) in [5.41, 5.74) is 1.86. The molecule has 1 fully saturated rings. The van der Waals surface area contributed by atoms with Gasteiger partial charge in [-0.1, -0.05) is 36.2 Å². The third-order valence-corrected chi connectivity index (χ3v) is 7.20. The lowest BCUT2D eigenvalue weighted by Gasteiger charge is -2.35. The minimum Gasteiger partial charge on any atom is -0.461 e. The first-order valence-electron chi connectivity index (χ1n) is 10.5. The summed E-state index contributed by atoms with van der Waals surface area (Å²) in [4.78, 5) is 28.0. The highest BCUT2D eigenvalue weighted by Crippen LogP contribution is 2.38. The fraction of sp³-hybridized carbons (Fsp3) is 0.478. The molecule has 1 saturated carbocycles. The Morgan fingerprint density at radius 3 is 2.70 bits per heavy atom. The van der Waals surface area contributed by atoms with Crippen LogP contribution in [0.2, 0.25) is 5.02 Å². The number of thiophene rings is 1. The van der Waals surface area contributed by atoms with Crippen LogP contribution < -0.4 is 4.74 Å². The van der Waals surface area contributed by atoms with E-state index in [9.17, 15) is 9.59 Å². The molecule has 0 bridgehead atoms. The van der Waals surface area contributed by atoms with Crippen molar-refractivity contribution in [2.75, 3.05) is 6.54 Å². The SMILES string of the molecule is CC(=O)Oc1cc2c(s1)CCN(C(C(=O)OC1CCCCC1)c1ccccc1Cl)C2. The highest BCUT2D eigenvalue weighted by atomic mass is 35.5. The molecule has 160 valence electrons. The van der Waals surface area contributed by atoms with E-state index >= 15 is 0 Å². The van der Waals surface area contributed by atoms with E-state index in [-0.39, 0.29) is 18.0 Å². The fourth-order valence-corrected chi connectivity index (χ4v) is 5.61. The largest absolute Gasteiger partial charge is 0.461 e. The summed E-state index contributed by atoms with van der Waals surface area (Å²) in [5.74, 6) is -0.552. The lowest BCUT2D eigenvalue weighted by atomic mass is 9.97. The molecular weight excluding hydrogens is 422 g/mol. The summed E-state index contributed by atoms with van der Waals surface area (Å²) in [6.07, 6.45) is 6.07. The van der Waals surface area contributed by atoms with Crippen LogP contribution in [0.3, 0.4) is 0 Å². The smallest absolute Gasteiger partial charge is 0.328 e. The molecule has 1 atom stereocenters. The lowest BCUT2D eigenvalue weighted by molar-refractivity contribution is -0.158. The van der Waals surface area contributed by atoms with Gasteiger partial charge in [0, 0.05) is 29.9 Å². The number of hydrogen-bond donors (Lipinski definition) is 0. The van der Waals surface area contributed by atoms with Gasteiger partial charge in [-0.05, 0) is 55.4 Å². The minimum atomic E-state index is -0.550. The molecule has 0 saturated heterocycles. The number of fused-ring (bicyclic) bond motifs is 1. The molecule has 2 aromatic rings. The zero-order chi connectivity index (χ0) is 21.1. The molecule has 2 aliphatic rings. The highest BCUT2D eigenvalue weighted by molar-refractivity contribution is 7.14. The Bertz CT molecular complexity index is 922. The molecule has 0 radical (unpaired) electrons. The molecular formula is C23H26ClNO4S. The van der Waals surface area contributed by atoms with Gasteiger partial charge in [0.2, 0.25) is 0 Å². The van der Waals surface area contributed by atoms with E-state index in [1.807, 2.05) is 30.3 Å². The fourth-order valence-electron chi connectivity index (χ4n) is 4.32.